The fourth-order valence-electron chi connectivity index (χ4n) is 1.42. The van der Waals surface area contributed by atoms with Crippen molar-refractivity contribution in [2.75, 3.05) is 5.32 Å². The van der Waals surface area contributed by atoms with E-state index in [2.05, 4.69) is 33.0 Å². The molecule has 1 atom stereocenters. The average Bonchev–Trinajstić information content (AvgIpc) is 2.15. The van der Waals surface area contributed by atoms with E-state index in [1.54, 1.807) is 19.1 Å². The molecule has 0 heterocycles. The topological polar surface area (TPSA) is 55.2 Å². The molecule has 0 spiro atoms. The zero-order chi connectivity index (χ0) is 13.2. The second kappa shape index (κ2) is 4.73. The largest absolute Gasteiger partial charge is 0.382 e. The summed E-state index contributed by atoms with van der Waals surface area (Å²) in [6, 6.07) is 5.42. The van der Waals surface area contributed by atoms with E-state index in [4.69, 9.17) is 0 Å². The average molecular weight is 236 g/mol. The summed E-state index contributed by atoms with van der Waals surface area (Å²) >= 11 is 0. The third-order valence-electron chi connectivity index (χ3n) is 3.08. The molecule has 0 saturated carbocycles. The predicted molar refractivity (Wildman–Crippen MR) is 70.4 cm³/mol. The van der Waals surface area contributed by atoms with Crippen LogP contribution in [0.3, 0.4) is 0 Å². The summed E-state index contributed by atoms with van der Waals surface area (Å²) < 4.78 is 0. The Morgan fingerprint density at radius 2 is 1.94 bits per heavy atom. The van der Waals surface area contributed by atoms with Gasteiger partial charge in [0.1, 0.15) is 0 Å². The number of aryl methyl sites for hydroxylation is 1. The Hall–Kier alpha value is -1.58. The lowest BCUT2D eigenvalue weighted by atomic mass is 9.88. The van der Waals surface area contributed by atoms with Gasteiger partial charge in [-0.25, -0.2) is 0 Å². The molecule has 0 saturated heterocycles. The molecule has 0 aliphatic rings. The van der Waals surface area contributed by atoms with E-state index in [-0.39, 0.29) is 16.0 Å². The fraction of sp³-hybridized carbons (Fsp3) is 0.538. The number of nitro benzene ring substituents is 1. The van der Waals surface area contributed by atoms with Crippen molar-refractivity contribution in [3.63, 3.8) is 0 Å². The minimum atomic E-state index is -0.355. The van der Waals surface area contributed by atoms with E-state index >= 15 is 0 Å². The van der Waals surface area contributed by atoms with E-state index in [0.717, 1.165) is 5.69 Å². The number of nitrogens with zero attached hydrogens (tertiary/aromatic N) is 1. The van der Waals surface area contributed by atoms with Crippen LogP contribution in [0.1, 0.15) is 33.3 Å². The van der Waals surface area contributed by atoms with Gasteiger partial charge in [-0.1, -0.05) is 20.8 Å². The second-order valence-corrected chi connectivity index (χ2v) is 5.49. The van der Waals surface area contributed by atoms with E-state index in [1.165, 1.54) is 0 Å². The minimum Gasteiger partial charge on any atom is -0.382 e. The Morgan fingerprint density at radius 1 is 1.35 bits per heavy atom. The molecule has 0 fully saturated rings. The van der Waals surface area contributed by atoms with E-state index < -0.39 is 0 Å². The molecule has 1 unspecified atom stereocenters. The first-order valence-corrected chi connectivity index (χ1v) is 5.73. The summed E-state index contributed by atoms with van der Waals surface area (Å²) in [5, 5.41) is 14.1. The van der Waals surface area contributed by atoms with Crippen LogP contribution < -0.4 is 5.32 Å². The number of anilines is 1. The van der Waals surface area contributed by atoms with Crippen LogP contribution >= 0.6 is 0 Å². The molecule has 17 heavy (non-hydrogen) atoms. The van der Waals surface area contributed by atoms with Crippen molar-refractivity contribution >= 4 is 11.4 Å². The number of hydrogen-bond donors (Lipinski definition) is 1. The number of nitrogens with one attached hydrogen (secondary N) is 1. The summed E-state index contributed by atoms with van der Waals surface area (Å²) in [5.74, 6) is 0. The van der Waals surface area contributed by atoms with Gasteiger partial charge in [-0.15, -0.1) is 0 Å². The summed E-state index contributed by atoms with van der Waals surface area (Å²) in [7, 11) is 0. The number of hydrogen-bond acceptors (Lipinski definition) is 3. The van der Waals surface area contributed by atoms with E-state index in [1.807, 2.05) is 6.07 Å². The summed E-state index contributed by atoms with van der Waals surface area (Å²) in [5.41, 5.74) is 1.92. The standard InChI is InChI=1S/C13H20N2O2/c1-9-8-11(6-7-12(9)15(16)17)14-10(2)13(3,4)5/h6-8,10,14H,1-5H3. The minimum absolute atomic E-state index is 0.148. The molecule has 1 aromatic carbocycles. The molecule has 94 valence electrons. The Bertz CT molecular complexity index is 422. The zero-order valence-electron chi connectivity index (χ0n) is 11.1. The van der Waals surface area contributed by atoms with Gasteiger partial charge < -0.3 is 5.32 Å². The monoisotopic (exact) mass is 236 g/mol. The number of benzene rings is 1. The van der Waals surface area contributed by atoms with Crippen molar-refractivity contribution in [3.8, 4) is 0 Å². The number of nitro groups is 1. The quantitative estimate of drug-likeness (QED) is 0.642. The SMILES string of the molecule is Cc1cc(NC(C)C(C)(C)C)ccc1[N+](=O)[O-]. The molecule has 4 nitrogen and oxygen atoms in total. The summed E-state index contributed by atoms with van der Waals surface area (Å²) in [6.45, 7) is 10.3. The maximum atomic E-state index is 10.7. The van der Waals surface area contributed by atoms with Gasteiger partial charge in [0, 0.05) is 23.4 Å². The lowest BCUT2D eigenvalue weighted by molar-refractivity contribution is -0.385. The highest BCUT2D eigenvalue weighted by atomic mass is 16.6. The van der Waals surface area contributed by atoms with Gasteiger partial charge in [0.25, 0.3) is 5.69 Å². The Labute approximate surface area is 102 Å². The van der Waals surface area contributed by atoms with Crippen LogP contribution in [0, 0.1) is 22.5 Å². The zero-order valence-corrected chi connectivity index (χ0v) is 11.1. The highest BCUT2D eigenvalue weighted by molar-refractivity contribution is 5.54. The Morgan fingerprint density at radius 3 is 2.35 bits per heavy atom. The highest BCUT2D eigenvalue weighted by Gasteiger charge is 2.20. The molecule has 1 aromatic rings. The molecule has 0 amide bonds. The third kappa shape index (κ3) is 3.44. The molecule has 1 N–H and O–H groups in total. The van der Waals surface area contributed by atoms with Crippen molar-refractivity contribution < 1.29 is 4.92 Å². The van der Waals surface area contributed by atoms with Crippen LogP contribution in [-0.4, -0.2) is 11.0 Å². The van der Waals surface area contributed by atoms with Gasteiger partial charge in [-0.3, -0.25) is 10.1 Å². The van der Waals surface area contributed by atoms with Crippen molar-refractivity contribution in [3.05, 3.63) is 33.9 Å². The van der Waals surface area contributed by atoms with Gasteiger partial charge in [0.05, 0.1) is 4.92 Å². The Balaban J connectivity index is 2.88. The van der Waals surface area contributed by atoms with Crippen LogP contribution in [0.25, 0.3) is 0 Å². The second-order valence-electron chi connectivity index (χ2n) is 5.49. The van der Waals surface area contributed by atoms with Crippen molar-refractivity contribution in [1.29, 1.82) is 0 Å². The van der Waals surface area contributed by atoms with E-state index in [0.29, 0.717) is 11.6 Å². The van der Waals surface area contributed by atoms with Gasteiger partial charge in [-0.2, -0.15) is 0 Å². The maximum Gasteiger partial charge on any atom is 0.272 e. The molecular formula is C13H20N2O2. The molecular weight excluding hydrogens is 216 g/mol. The van der Waals surface area contributed by atoms with Crippen LogP contribution in [0.5, 0.6) is 0 Å². The molecule has 0 bridgehead atoms. The Kier molecular flexibility index (Phi) is 3.76. The van der Waals surface area contributed by atoms with Crippen molar-refractivity contribution in [1.82, 2.24) is 0 Å². The van der Waals surface area contributed by atoms with E-state index in [9.17, 15) is 10.1 Å². The van der Waals surface area contributed by atoms with Crippen LogP contribution in [-0.2, 0) is 0 Å². The van der Waals surface area contributed by atoms with Crippen molar-refractivity contribution in [2.45, 2.75) is 40.7 Å². The molecule has 0 aliphatic carbocycles. The normalized spacial score (nSPS) is 13.2. The van der Waals surface area contributed by atoms with Crippen LogP contribution in [0.4, 0.5) is 11.4 Å². The highest BCUT2D eigenvalue weighted by Crippen LogP contribution is 2.26. The first-order valence-electron chi connectivity index (χ1n) is 5.73. The molecule has 1 rings (SSSR count). The molecule has 0 aromatic heterocycles. The van der Waals surface area contributed by atoms with Crippen molar-refractivity contribution in [2.24, 2.45) is 5.41 Å². The maximum absolute atomic E-state index is 10.7. The van der Waals surface area contributed by atoms with Gasteiger partial charge in [-0.05, 0) is 31.4 Å². The van der Waals surface area contributed by atoms with Gasteiger partial charge in [0.2, 0.25) is 0 Å². The first-order chi connectivity index (χ1) is 7.71. The fourth-order valence-corrected chi connectivity index (χ4v) is 1.42. The van der Waals surface area contributed by atoms with Gasteiger partial charge in [0.15, 0.2) is 0 Å². The van der Waals surface area contributed by atoms with Crippen LogP contribution in [0.2, 0.25) is 0 Å². The predicted octanol–water partition coefficient (Wildman–Crippen LogP) is 3.75. The lowest BCUT2D eigenvalue weighted by Crippen LogP contribution is -2.30. The van der Waals surface area contributed by atoms with Gasteiger partial charge >= 0.3 is 0 Å². The smallest absolute Gasteiger partial charge is 0.272 e. The molecule has 0 radical (unpaired) electrons. The number of rotatable bonds is 3. The summed E-state index contributed by atoms with van der Waals surface area (Å²) in [4.78, 5) is 10.3. The molecule has 0 aliphatic heterocycles. The van der Waals surface area contributed by atoms with Crippen LogP contribution in [0.15, 0.2) is 18.2 Å². The lowest BCUT2D eigenvalue weighted by Gasteiger charge is -2.29. The summed E-state index contributed by atoms with van der Waals surface area (Å²) in [6.07, 6.45) is 0. The first kappa shape index (κ1) is 13.5. The molecule has 4 heteroatoms. The third-order valence-corrected chi connectivity index (χ3v) is 3.08.